The average molecular weight is 330 g/mol. The van der Waals surface area contributed by atoms with Crippen molar-refractivity contribution in [1.82, 2.24) is 0 Å². The maximum absolute atomic E-state index is 9.90. The molecule has 130 valence electrons. The van der Waals surface area contributed by atoms with Gasteiger partial charge < -0.3 is 39.4 Å². The second-order valence-corrected chi connectivity index (χ2v) is 5.20. The maximum atomic E-state index is 9.90. The summed E-state index contributed by atoms with van der Waals surface area (Å²) in [5.74, 6) is 1.10. The summed E-state index contributed by atoms with van der Waals surface area (Å²) in [6.07, 6.45) is -6.46. The lowest BCUT2D eigenvalue weighted by Crippen LogP contribution is -2.59. The van der Waals surface area contributed by atoms with Gasteiger partial charge in [-0.05, 0) is 17.7 Å². The number of aliphatic hydroxyl groups excluding tert-OH is 4. The highest BCUT2D eigenvalue weighted by molar-refractivity contribution is 5.42. The molecule has 1 fully saturated rings. The van der Waals surface area contributed by atoms with E-state index < -0.39 is 37.3 Å². The van der Waals surface area contributed by atoms with E-state index in [2.05, 4.69) is 0 Å². The van der Waals surface area contributed by atoms with Crippen LogP contribution in [0, 0.1) is 0 Å². The second kappa shape index (κ2) is 7.91. The second-order valence-electron chi connectivity index (χ2n) is 5.20. The number of methoxy groups -OCH3 is 2. The van der Waals surface area contributed by atoms with Crippen molar-refractivity contribution < 1.29 is 39.4 Å². The van der Waals surface area contributed by atoms with E-state index >= 15 is 0 Å². The van der Waals surface area contributed by atoms with E-state index in [4.69, 9.17) is 24.1 Å². The molecule has 0 bridgehead atoms. The van der Waals surface area contributed by atoms with Gasteiger partial charge in [0.1, 0.15) is 24.4 Å². The van der Waals surface area contributed by atoms with Crippen LogP contribution in [0.1, 0.15) is 5.56 Å². The van der Waals surface area contributed by atoms with E-state index in [9.17, 15) is 15.3 Å². The Morgan fingerprint density at radius 3 is 2.30 bits per heavy atom. The summed E-state index contributed by atoms with van der Waals surface area (Å²) in [4.78, 5) is 0. The minimum atomic E-state index is -1.46. The Morgan fingerprint density at radius 1 is 1.00 bits per heavy atom. The molecule has 0 amide bonds. The Balaban J connectivity index is 2.02. The van der Waals surface area contributed by atoms with Gasteiger partial charge in [0.05, 0.1) is 27.4 Å². The number of ether oxygens (including phenoxy) is 4. The molecule has 1 aliphatic heterocycles. The van der Waals surface area contributed by atoms with Gasteiger partial charge in [0.15, 0.2) is 17.8 Å². The number of hydrogen-bond donors (Lipinski definition) is 4. The molecule has 8 nitrogen and oxygen atoms in total. The molecule has 0 aromatic heterocycles. The quantitative estimate of drug-likeness (QED) is 0.526. The molecule has 23 heavy (non-hydrogen) atoms. The molecule has 1 aliphatic rings. The number of benzene rings is 1. The predicted molar refractivity (Wildman–Crippen MR) is 78.1 cm³/mol. The van der Waals surface area contributed by atoms with Crippen LogP contribution in [-0.4, -0.2) is 72.0 Å². The zero-order chi connectivity index (χ0) is 17.0. The predicted octanol–water partition coefficient (Wildman–Crippen LogP) is -0.980. The van der Waals surface area contributed by atoms with E-state index in [1.54, 1.807) is 18.2 Å². The molecule has 5 atom stereocenters. The highest BCUT2D eigenvalue weighted by Gasteiger charge is 2.43. The summed E-state index contributed by atoms with van der Waals surface area (Å²) in [5, 5.41) is 38.4. The minimum absolute atomic E-state index is 0.0725. The maximum Gasteiger partial charge on any atom is 0.187 e. The van der Waals surface area contributed by atoms with E-state index in [0.717, 1.165) is 5.56 Å². The Morgan fingerprint density at radius 2 is 1.70 bits per heavy atom. The zero-order valence-corrected chi connectivity index (χ0v) is 13.0. The van der Waals surface area contributed by atoms with Crippen LogP contribution >= 0.6 is 0 Å². The Hall–Kier alpha value is -1.42. The van der Waals surface area contributed by atoms with Gasteiger partial charge in [0, 0.05) is 0 Å². The van der Waals surface area contributed by atoms with E-state index in [1.807, 2.05) is 0 Å². The van der Waals surface area contributed by atoms with Crippen molar-refractivity contribution in [3.63, 3.8) is 0 Å². The molecule has 1 aromatic carbocycles. The van der Waals surface area contributed by atoms with Crippen molar-refractivity contribution in [1.29, 1.82) is 0 Å². The van der Waals surface area contributed by atoms with Crippen LogP contribution in [0.25, 0.3) is 0 Å². The summed E-state index contributed by atoms with van der Waals surface area (Å²) in [6.45, 7) is -0.426. The first-order valence-corrected chi connectivity index (χ1v) is 7.14. The lowest BCUT2D eigenvalue weighted by molar-refractivity contribution is -0.304. The first kappa shape index (κ1) is 17.9. The van der Waals surface area contributed by atoms with Gasteiger partial charge in [0.2, 0.25) is 0 Å². The van der Waals surface area contributed by atoms with Gasteiger partial charge in [-0.2, -0.15) is 0 Å². The molecule has 0 spiro atoms. The zero-order valence-electron chi connectivity index (χ0n) is 13.0. The third-order valence-electron chi connectivity index (χ3n) is 3.71. The normalized spacial score (nSPS) is 31.0. The molecular weight excluding hydrogens is 308 g/mol. The molecule has 0 radical (unpaired) electrons. The van der Waals surface area contributed by atoms with Crippen molar-refractivity contribution in [3.05, 3.63) is 23.8 Å². The first-order valence-electron chi connectivity index (χ1n) is 7.14. The Labute approximate surface area is 133 Å². The molecule has 5 unspecified atom stereocenters. The highest BCUT2D eigenvalue weighted by Crippen LogP contribution is 2.28. The van der Waals surface area contributed by atoms with Gasteiger partial charge in [-0.25, -0.2) is 0 Å². The standard InChI is InChI=1S/C15H22O8/c1-20-9-4-3-8(5-10(9)21-2)7-22-15-14(19)13(18)12(17)11(6-16)23-15/h3-5,11-19H,6-7H2,1-2H3. The SMILES string of the molecule is COc1ccc(COC2OC(CO)C(O)C(O)C2O)cc1OC. The molecule has 1 saturated heterocycles. The summed E-state index contributed by atoms with van der Waals surface area (Å²) in [6, 6.07) is 5.18. The number of aliphatic hydroxyl groups is 4. The fourth-order valence-electron chi connectivity index (χ4n) is 2.35. The number of rotatable bonds is 6. The molecular formula is C15H22O8. The van der Waals surface area contributed by atoms with E-state index in [-0.39, 0.29) is 6.61 Å². The lowest BCUT2D eigenvalue weighted by Gasteiger charge is -2.39. The van der Waals surface area contributed by atoms with Crippen LogP contribution in [-0.2, 0) is 16.1 Å². The molecule has 8 heteroatoms. The number of hydrogen-bond acceptors (Lipinski definition) is 8. The molecule has 0 saturated carbocycles. The van der Waals surface area contributed by atoms with E-state index in [0.29, 0.717) is 11.5 Å². The summed E-state index contributed by atoms with van der Waals surface area (Å²) in [5.41, 5.74) is 0.736. The van der Waals surface area contributed by atoms with Crippen LogP contribution in [0.5, 0.6) is 11.5 Å². The van der Waals surface area contributed by atoms with Crippen molar-refractivity contribution in [2.24, 2.45) is 0 Å². The third kappa shape index (κ3) is 3.92. The van der Waals surface area contributed by atoms with Crippen molar-refractivity contribution in [2.45, 2.75) is 37.3 Å². The largest absolute Gasteiger partial charge is 0.493 e. The molecule has 1 heterocycles. The smallest absolute Gasteiger partial charge is 0.187 e. The van der Waals surface area contributed by atoms with Crippen LogP contribution in [0.4, 0.5) is 0 Å². The highest BCUT2D eigenvalue weighted by atomic mass is 16.7. The van der Waals surface area contributed by atoms with Crippen molar-refractivity contribution in [2.75, 3.05) is 20.8 Å². The lowest BCUT2D eigenvalue weighted by atomic mass is 9.99. The fraction of sp³-hybridized carbons (Fsp3) is 0.600. The first-order chi connectivity index (χ1) is 11.0. The van der Waals surface area contributed by atoms with Gasteiger partial charge in [-0.15, -0.1) is 0 Å². The van der Waals surface area contributed by atoms with Gasteiger partial charge >= 0.3 is 0 Å². The fourth-order valence-corrected chi connectivity index (χ4v) is 2.35. The van der Waals surface area contributed by atoms with Crippen molar-refractivity contribution in [3.8, 4) is 11.5 Å². The van der Waals surface area contributed by atoms with Crippen LogP contribution < -0.4 is 9.47 Å². The van der Waals surface area contributed by atoms with Gasteiger partial charge in [-0.1, -0.05) is 6.07 Å². The van der Waals surface area contributed by atoms with E-state index in [1.165, 1.54) is 14.2 Å². The summed E-state index contributed by atoms with van der Waals surface area (Å²) >= 11 is 0. The average Bonchev–Trinajstić information content (AvgIpc) is 2.58. The minimum Gasteiger partial charge on any atom is -0.493 e. The van der Waals surface area contributed by atoms with Crippen molar-refractivity contribution >= 4 is 0 Å². The Kier molecular flexibility index (Phi) is 6.17. The third-order valence-corrected chi connectivity index (χ3v) is 3.71. The van der Waals surface area contributed by atoms with Gasteiger partial charge in [-0.3, -0.25) is 0 Å². The van der Waals surface area contributed by atoms with Crippen LogP contribution in [0.3, 0.4) is 0 Å². The van der Waals surface area contributed by atoms with Gasteiger partial charge in [0.25, 0.3) is 0 Å². The van der Waals surface area contributed by atoms with Crippen LogP contribution in [0.15, 0.2) is 18.2 Å². The Bertz CT molecular complexity index is 506. The topological polar surface area (TPSA) is 118 Å². The van der Waals surface area contributed by atoms with Crippen LogP contribution in [0.2, 0.25) is 0 Å². The monoisotopic (exact) mass is 330 g/mol. The molecule has 1 aromatic rings. The molecule has 2 rings (SSSR count). The molecule has 4 N–H and O–H groups in total. The molecule has 0 aliphatic carbocycles. The summed E-state index contributed by atoms with van der Waals surface area (Å²) < 4.78 is 21.0. The summed E-state index contributed by atoms with van der Waals surface area (Å²) in [7, 11) is 3.04.